The minimum atomic E-state index is -0.311. The third kappa shape index (κ3) is 2.29. The molecule has 0 amide bonds. The van der Waals surface area contributed by atoms with E-state index in [1.54, 1.807) is 23.5 Å². The number of carbonyl (C=O) groups excluding carboxylic acids is 1. The first-order valence-corrected chi connectivity index (χ1v) is 6.52. The zero-order valence-electron chi connectivity index (χ0n) is 10.6. The summed E-state index contributed by atoms with van der Waals surface area (Å²) in [5, 5.41) is 3.04. The second-order valence-corrected chi connectivity index (χ2v) is 5.43. The third-order valence-electron chi connectivity index (χ3n) is 2.99. The molecule has 0 unspecified atom stereocenters. The predicted octanol–water partition coefficient (Wildman–Crippen LogP) is 3.26. The molecule has 0 saturated heterocycles. The van der Waals surface area contributed by atoms with E-state index < -0.39 is 0 Å². The lowest BCUT2D eigenvalue weighted by atomic mass is 9.85. The molecule has 0 aliphatic carbocycles. The molecule has 0 N–H and O–H groups in total. The number of rotatable bonds is 3. The summed E-state index contributed by atoms with van der Waals surface area (Å²) in [6.45, 7) is 4.25. The first-order valence-electron chi connectivity index (χ1n) is 5.64. The van der Waals surface area contributed by atoms with Gasteiger partial charge < -0.3 is 4.74 Å². The van der Waals surface area contributed by atoms with Gasteiger partial charge in [0.1, 0.15) is 5.01 Å². The molecule has 0 bridgehead atoms. The van der Waals surface area contributed by atoms with E-state index in [0.717, 1.165) is 10.6 Å². The summed E-state index contributed by atoms with van der Waals surface area (Å²) >= 11 is 1.64. The Bertz CT molecular complexity index is 529. The van der Waals surface area contributed by atoms with Crippen LogP contribution in [0.1, 0.15) is 34.8 Å². The van der Waals surface area contributed by atoms with Crippen molar-refractivity contribution in [3.05, 3.63) is 52.0 Å². The van der Waals surface area contributed by atoms with Gasteiger partial charge in [-0.2, -0.15) is 0 Å². The van der Waals surface area contributed by atoms with Crippen LogP contribution in [0.5, 0.6) is 0 Å². The van der Waals surface area contributed by atoms with E-state index in [-0.39, 0.29) is 11.4 Å². The van der Waals surface area contributed by atoms with Crippen LogP contribution in [0.2, 0.25) is 0 Å². The Hall–Kier alpha value is -1.68. The Balaban J connectivity index is 2.32. The Morgan fingerprint density at radius 1 is 1.28 bits per heavy atom. The van der Waals surface area contributed by atoms with Crippen molar-refractivity contribution in [2.45, 2.75) is 19.3 Å². The van der Waals surface area contributed by atoms with E-state index in [4.69, 9.17) is 0 Å². The second-order valence-electron chi connectivity index (χ2n) is 4.53. The van der Waals surface area contributed by atoms with E-state index in [0.29, 0.717) is 5.56 Å². The molecule has 3 nitrogen and oxygen atoms in total. The summed E-state index contributed by atoms with van der Waals surface area (Å²) in [6.07, 6.45) is 1.81. The molecule has 0 saturated carbocycles. The van der Waals surface area contributed by atoms with Gasteiger partial charge in [0.15, 0.2) is 0 Å². The van der Waals surface area contributed by atoms with Crippen LogP contribution < -0.4 is 0 Å². The number of hydrogen-bond acceptors (Lipinski definition) is 4. The van der Waals surface area contributed by atoms with Crippen molar-refractivity contribution in [1.29, 1.82) is 0 Å². The summed E-state index contributed by atoms with van der Waals surface area (Å²) in [6, 6.07) is 7.48. The second kappa shape index (κ2) is 4.90. The van der Waals surface area contributed by atoms with Crippen molar-refractivity contribution in [2.24, 2.45) is 0 Å². The first-order chi connectivity index (χ1) is 8.55. The van der Waals surface area contributed by atoms with E-state index in [1.165, 1.54) is 7.11 Å². The third-order valence-corrected chi connectivity index (χ3v) is 4.09. The molecule has 94 valence electrons. The molecular weight excluding hydrogens is 246 g/mol. The van der Waals surface area contributed by atoms with Crippen LogP contribution in [0, 0.1) is 0 Å². The van der Waals surface area contributed by atoms with Crippen LogP contribution in [0.3, 0.4) is 0 Å². The number of hydrogen-bond donors (Lipinski definition) is 0. The summed E-state index contributed by atoms with van der Waals surface area (Å²) in [7, 11) is 1.38. The molecule has 0 radical (unpaired) electrons. The molecule has 1 heterocycles. The molecule has 18 heavy (non-hydrogen) atoms. The highest BCUT2D eigenvalue weighted by Crippen LogP contribution is 2.32. The fourth-order valence-corrected chi connectivity index (χ4v) is 2.58. The lowest BCUT2D eigenvalue weighted by molar-refractivity contribution is 0.0600. The predicted molar refractivity (Wildman–Crippen MR) is 72.0 cm³/mol. The maximum atomic E-state index is 11.4. The summed E-state index contributed by atoms with van der Waals surface area (Å²) in [5.74, 6) is -0.311. The number of nitrogens with zero attached hydrogens (tertiary/aromatic N) is 1. The highest BCUT2D eigenvalue weighted by atomic mass is 32.1. The van der Waals surface area contributed by atoms with Crippen LogP contribution in [-0.4, -0.2) is 18.1 Å². The molecule has 4 heteroatoms. The monoisotopic (exact) mass is 261 g/mol. The summed E-state index contributed by atoms with van der Waals surface area (Å²) in [5.41, 5.74) is 1.55. The minimum absolute atomic E-state index is 0.150. The standard InChI is InChI=1S/C14H15NO2S/c1-14(2,13-15-8-9-18-13)11-6-4-10(5-7-11)12(16)17-3/h4-9H,1-3H3. The average Bonchev–Trinajstić information content (AvgIpc) is 2.92. The van der Waals surface area contributed by atoms with Gasteiger partial charge in [0.25, 0.3) is 0 Å². The van der Waals surface area contributed by atoms with E-state index in [2.05, 4.69) is 23.6 Å². The van der Waals surface area contributed by atoms with Crippen LogP contribution in [-0.2, 0) is 10.2 Å². The normalized spacial score (nSPS) is 11.3. The van der Waals surface area contributed by atoms with Crippen LogP contribution in [0.15, 0.2) is 35.8 Å². The Kier molecular flexibility index (Phi) is 3.48. The van der Waals surface area contributed by atoms with Gasteiger partial charge in [0.2, 0.25) is 0 Å². The molecule has 0 aliphatic rings. The lowest BCUT2D eigenvalue weighted by Crippen LogP contribution is -2.18. The van der Waals surface area contributed by atoms with Crippen LogP contribution in [0.25, 0.3) is 0 Å². The fourth-order valence-electron chi connectivity index (χ4n) is 1.80. The van der Waals surface area contributed by atoms with Crippen LogP contribution in [0.4, 0.5) is 0 Å². The molecule has 0 spiro atoms. The first kappa shape index (κ1) is 12.8. The van der Waals surface area contributed by atoms with Gasteiger partial charge in [-0.25, -0.2) is 9.78 Å². The fraction of sp³-hybridized carbons (Fsp3) is 0.286. The Morgan fingerprint density at radius 3 is 2.44 bits per heavy atom. The highest BCUT2D eigenvalue weighted by molar-refractivity contribution is 7.09. The molecule has 0 fully saturated rings. The number of carbonyl (C=O) groups is 1. The maximum absolute atomic E-state index is 11.4. The molecule has 0 aliphatic heterocycles. The maximum Gasteiger partial charge on any atom is 0.337 e. The number of esters is 1. The summed E-state index contributed by atoms with van der Waals surface area (Å²) < 4.78 is 4.68. The van der Waals surface area contributed by atoms with Crippen molar-refractivity contribution in [2.75, 3.05) is 7.11 Å². The summed E-state index contributed by atoms with van der Waals surface area (Å²) in [4.78, 5) is 15.7. The number of aromatic nitrogens is 1. The zero-order chi connectivity index (χ0) is 13.2. The van der Waals surface area contributed by atoms with Gasteiger partial charge in [-0.15, -0.1) is 11.3 Å². The van der Waals surface area contributed by atoms with Crippen molar-refractivity contribution < 1.29 is 9.53 Å². The smallest absolute Gasteiger partial charge is 0.337 e. The number of methoxy groups -OCH3 is 1. The average molecular weight is 261 g/mol. The quantitative estimate of drug-likeness (QED) is 0.796. The van der Waals surface area contributed by atoms with Gasteiger partial charge in [-0.05, 0) is 31.5 Å². The largest absolute Gasteiger partial charge is 0.465 e. The molecule has 0 atom stereocenters. The van der Waals surface area contributed by atoms with Crippen LogP contribution >= 0.6 is 11.3 Å². The van der Waals surface area contributed by atoms with Crippen molar-refractivity contribution in [3.63, 3.8) is 0 Å². The lowest BCUT2D eigenvalue weighted by Gasteiger charge is -2.22. The highest BCUT2D eigenvalue weighted by Gasteiger charge is 2.25. The molecule has 1 aromatic carbocycles. The van der Waals surface area contributed by atoms with Crippen molar-refractivity contribution in [1.82, 2.24) is 4.98 Å². The van der Waals surface area contributed by atoms with Crippen molar-refractivity contribution >= 4 is 17.3 Å². The van der Waals surface area contributed by atoms with Crippen molar-refractivity contribution in [3.8, 4) is 0 Å². The van der Waals surface area contributed by atoms with Gasteiger partial charge in [0.05, 0.1) is 12.7 Å². The molecule has 2 rings (SSSR count). The van der Waals surface area contributed by atoms with E-state index in [1.807, 2.05) is 23.7 Å². The number of benzene rings is 1. The Morgan fingerprint density at radius 2 is 1.94 bits per heavy atom. The number of ether oxygens (including phenoxy) is 1. The molecule has 2 aromatic rings. The molecular formula is C14H15NO2S. The van der Waals surface area contributed by atoms with Gasteiger partial charge in [-0.3, -0.25) is 0 Å². The molecule has 1 aromatic heterocycles. The van der Waals surface area contributed by atoms with E-state index >= 15 is 0 Å². The van der Waals surface area contributed by atoms with Gasteiger partial charge in [0, 0.05) is 17.0 Å². The van der Waals surface area contributed by atoms with Gasteiger partial charge >= 0.3 is 5.97 Å². The van der Waals surface area contributed by atoms with E-state index in [9.17, 15) is 4.79 Å². The topological polar surface area (TPSA) is 39.2 Å². The van der Waals surface area contributed by atoms with Gasteiger partial charge in [-0.1, -0.05) is 12.1 Å². The number of thiazole rings is 1. The minimum Gasteiger partial charge on any atom is -0.465 e. The SMILES string of the molecule is COC(=O)c1ccc(C(C)(C)c2nccs2)cc1. The Labute approximate surface area is 110 Å². The zero-order valence-corrected chi connectivity index (χ0v) is 11.5.